The maximum atomic E-state index is 9.31. The van der Waals surface area contributed by atoms with Crippen molar-refractivity contribution in [1.82, 2.24) is 15.0 Å². The van der Waals surface area contributed by atoms with E-state index in [0.29, 0.717) is 0 Å². The lowest BCUT2D eigenvalue weighted by molar-refractivity contribution is 0.250. The van der Waals surface area contributed by atoms with Gasteiger partial charge in [0, 0.05) is 6.20 Å². The molecular formula is C12H13N3O. The Labute approximate surface area is 93.4 Å². The predicted octanol–water partition coefficient (Wildman–Crippen LogP) is 1.50. The Bertz CT molecular complexity index is 488. The van der Waals surface area contributed by atoms with E-state index in [9.17, 15) is 5.11 Å². The highest BCUT2D eigenvalue weighted by molar-refractivity contribution is 5.53. The summed E-state index contributed by atoms with van der Waals surface area (Å²) in [7, 11) is 0. The topological polar surface area (TPSA) is 61.8 Å². The number of hydrogen-bond donors (Lipinski definition) is 2. The first-order valence-electron chi connectivity index (χ1n) is 5.42. The Kier molecular flexibility index (Phi) is 2.04. The number of aliphatic hydroxyl groups is 1. The number of nitrogens with one attached hydrogen (secondary N) is 1. The van der Waals surface area contributed by atoms with Crippen LogP contribution in [0.3, 0.4) is 0 Å². The Morgan fingerprint density at radius 1 is 1.31 bits per heavy atom. The molecule has 0 radical (unpaired) electrons. The molecule has 2 aromatic heterocycles. The summed E-state index contributed by atoms with van der Waals surface area (Å²) in [4.78, 5) is 11.8. The molecule has 0 unspecified atom stereocenters. The largest absolute Gasteiger partial charge is 0.395 e. The first kappa shape index (κ1) is 9.54. The number of aromatic nitrogens is 3. The molecule has 0 aromatic carbocycles. The molecule has 0 aliphatic heterocycles. The van der Waals surface area contributed by atoms with Gasteiger partial charge in [-0.2, -0.15) is 0 Å². The van der Waals surface area contributed by atoms with E-state index < -0.39 is 0 Å². The lowest BCUT2D eigenvalue weighted by atomic mass is 10.1. The van der Waals surface area contributed by atoms with Gasteiger partial charge < -0.3 is 10.1 Å². The Hall–Kier alpha value is -1.68. The van der Waals surface area contributed by atoms with E-state index in [0.717, 1.165) is 30.1 Å². The summed E-state index contributed by atoms with van der Waals surface area (Å²) in [6, 6.07) is 5.77. The molecule has 0 atom stereocenters. The molecule has 1 fully saturated rings. The van der Waals surface area contributed by atoms with Crippen LogP contribution in [-0.4, -0.2) is 26.7 Å². The molecule has 3 rings (SSSR count). The zero-order chi connectivity index (χ0) is 11.0. The highest BCUT2D eigenvalue weighted by atomic mass is 16.3. The summed E-state index contributed by atoms with van der Waals surface area (Å²) < 4.78 is 0. The lowest BCUT2D eigenvalue weighted by Gasteiger charge is -2.06. The Morgan fingerprint density at radius 2 is 2.19 bits per heavy atom. The number of nitrogens with zero attached hydrogens (tertiary/aromatic N) is 2. The molecule has 0 spiro atoms. The molecule has 16 heavy (non-hydrogen) atoms. The normalized spacial score (nSPS) is 17.3. The number of hydrogen-bond acceptors (Lipinski definition) is 3. The second-order valence-corrected chi connectivity index (χ2v) is 4.30. The van der Waals surface area contributed by atoms with Gasteiger partial charge in [-0.3, -0.25) is 4.98 Å². The predicted molar refractivity (Wildman–Crippen MR) is 59.8 cm³/mol. The summed E-state index contributed by atoms with van der Waals surface area (Å²) in [6.07, 6.45) is 5.57. The van der Waals surface area contributed by atoms with Crippen molar-refractivity contribution in [2.75, 3.05) is 6.61 Å². The first-order valence-corrected chi connectivity index (χ1v) is 5.42. The number of pyridine rings is 1. The fourth-order valence-electron chi connectivity index (χ4n) is 1.86. The molecule has 2 N–H and O–H groups in total. The monoisotopic (exact) mass is 215 g/mol. The van der Waals surface area contributed by atoms with Crippen molar-refractivity contribution < 1.29 is 5.11 Å². The van der Waals surface area contributed by atoms with Gasteiger partial charge in [-0.15, -0.1) is 0 Å². The molecule has 2 heterocycles. The fraction of sp³-hybridized carbons (Fsp3) is 0.333. The van der Waals surface area contributed by atoms with Gasteiger partial charge in [-0.25, -0.2) is 4.98 Å². The van der Waals surface area contributed by atoms with Gasteiger partial charge >= 0.3 is 0 Å². The zero-order valence-electron chi connectivity index (χ0n) is 8.85. The van der Waals surface area contributed by atoms with Crippen LogP contribution in [0.4, 0.5) is 0 Å². The summed E-state index contributed by atoms with van der Waals surface area (Å²) in [6.45, 7) is 0.169. The van der Waals surface area contributed by atoms with Crippen molar-refractivity contribution in [1.29, 1.82) is 0 Å². The molecule has 0 amide bonds. The van der Waals surface area contributed by atoms with E-state index in [4.69, 9.17) is 0 Å². The van der Waals surface area contributed by atoms with Gasteiger partial charge in [0.2, 0.25) is 0 Å². The van der Waals surface area contributed by atoms with Crippen LogP contribution < -0.4 is 0 Å². The van der Waals surface area contributed by atoms with E-state index in [1.807, 2.05) is 18.2 Å². The molecule has 1 saturated carbocycles. The minimum absolute atomic E-state index is 0.104. The van der Waals surface area contributed by atoms with E-state index in [1.54, 1.807) is 12.4 Å². The maximum Gasteiger partial charge on any atom is 0.115 e. The van der Waals surface area contributed by atoms with E-state index in [2.05, 4.69) is 15.0 Å². The minimum Gasteiger partial charge on any atom is -0.395 e. The Balaban J connectivity index is 1.94. The van der Waals surface area contributed by atoms with Crippen LogP contribution in [0.15, 0.2) is 30.6 Å². The van der Waals surface area contributed by atoms with Crippen molar-refractivity contribution in [3.05, 3.63) is 36.4 Å². The molecule has 82 valence electrons. The third-order valence-electron chi connectivity index (χ3n) is 3.18. The van der Waals surface area contributed by atoms with Crippen LogP contribution in [0, 0.1) is 0 Å². The van der Waals surface area contributed by atoms with Gasteiger partial charge in [0.05, 0.1) is 29.6 Å². The van der Waals surface area contributed by atoms with Crippen molar-refractivity contribution in [2.24, 2.45) is 0 Å². The third kappa shape index (κ3) is 1.42. The number of aromatic amines is 1. The van der Waals surface area contributed by atoms with E-state index >= 15 is 0 Å². The maximum absolute atomic E-state index is 9.31. The Morgan fingerprint density at radius 3 is 2.81 bits per heavy atom. The van der Waals surface area contributed by atoms with Gasteiger partial charge in [-0.05, 0) is 25.0 Å². The molecule has 4 heteroatoms. The quantitative estimate of drug-likeness (QED) is 0.815. The first-order chi connectivity index (χ1) is 7.84. The summed E-state index contributed by atoms with van der Waals surface area (Å²) >= 11 is 0. The second-order valence-electron chi connectivity index (χ2n) is 4.30. The van der Waals surface area contributed by atoms with Crippen LogP contribution in [-0.2, 0) is 5.41 Å². The van der Waals surface area contributed by atoms with Crippen molar-refractivity contribution in [3.8, 4) is 11.4 Å². The highest BCUT2D eigenvalue weighted by Gasteiger charge is 2.46. The van der Waals surface area contributed by atoms with Crippen LogP contribution in [0.1, 0.15) is 18.7 Å². The molecule has 0 bridgehead atoms. The second kappa shape index (κ2) is 3.42. The van der Waals surface area contributed by atoms with Gasteiger partial charge in [0.25, 0.3) is 0 Å². The van der Waals surface area contributed by atoms with Gasteiger partial charge in [0.1, 0.15) is 5.82 Å². The molecule has 1 aliphatic carbocycles. The lowest BCUT2D eigenvalue weighted by Crippen LogP contribution is -2.13. The van der Waals surface area contributed by atoms with Crippen LogP contribution in [0.2, 0.25) is 0 Å². The minimum atomic E-state index is -0.104. The average Bonchev–Trinajstić information content (AvgIpc) is 3.00. The standard InChI is InChI=1S/C12H13N3O/c16-8-12(4-5-12)11-14-7-10(15-11)9-3-1-2-6-13-9/h1-3,6-7,16H,4-5,8H2,(H,14,15). The zero-order valence-corrected chi connectivity index (χ0v) is 8.85. The van der Waals surface area contributed by atoms with Crippen molar-refractivity contribution in [3.63, 3.8) is 0 Å². The van der Waals surface area contributed by atoms with Crippen molar-refractivity contribution in [2.45, 2.75) is 18.3 Å². The molecular weight excluding hydrogens is 202 g/mol. The molecule has 2 aromatic rings. The molecule has 0 saturated heterocycles. The van der Waals surface area contributed by atoms with Crippen LogP contribution in [0.5, 0.6) is 0 Å². The molecule has 4 nitrogen and oxygen atoms in total. The SMILES string of the molecule is OCC1(c2ncc(-c3ccccn3)[nH]2)CC1. The van der Waals surface area contributed by atoms with Gasteiger partial charge in [0.15, 0.2) is 0 Å². The number of aliphatic hydroxyl groups excluding tert-OH is 1. The van der Waals surface area contributed by atoms with Crippen LogP contribution in [0.25, 0.3) is 11.4 Å². The average molecular weight is 215 g/mol. The summed E-state index contributed by atoms with van der Waals surface area (Å²) in [5.41, 5.74) is 1.69. The van der Waals surface area contributed by atoms with Crippen LogP contribution >= 0.6 is 0 Å². The number of imidazole rings is 1. The summed E-state index contributed by atoms with van der Waals surface area (Å²) in [5.74, 6) is 0.885. The van der Waals surface area contributed by atoms with E-state index in [-0.39, 0.29) is 12.0 Å². The summed E-state index contributed by atoms with van der Waals surface area (Å²) in [5, 5.41) is 9.31. The van der Waals surface area contributed by atoms with Gasteiger partial charge in [-0.1, -0.05) is 6.07 Å². The fourth-order valence-corrected chi connectivity index (χ4v) is 1.86. The molecule has 1 aliphatic rings. The smallest absolute Gasteiger partial charge is 0.115 e. The van der Waals surface area contributed by atoms with Crippen molar-refractivity contribution >= 4 is 0 Å². The third-order valence-corrected chi connectivity index (χ3v) is 3.18. The van der Waals surface area contributed by atoms with E-state index in [1.165, 1.54) is 0 Å². The number of rotatable bonds is 3. The highest BCUT2D eigenvalue weighted by Crippen LogP contribution is 2.46. The number of H-pyrrole nitrogens is 1.